The second kappa shape index (κ2) is 6.35. The van der Waals surface area contributed by atoms with Crippen LogP contribution in [0.15, 0.2) is 18.2 Å². The fourth-order valence-electron chi connectivity index (χ4n) is 2.05. The molecule has 1 saturated heterocycles. The van der Waals surface area contributed by atoms with Gasteiger partial charge < -0.3 is 15.2 Å². The van der Waals surface area contributed by atoms with Crippen LogP contribution in [0.25, 0.3) is 0 Å². The maximum atomic E-state index is 10.8. The molecule has 1 aliphatic rings. The highest BCUT2D eigenvalue weighted by atomic mass is 16.5. The van der Waals surface area contributed by atoms with E-state index in [1.807, 2.05) is 0 Å². The molecule has 1 unspecified atom stereocenters. The Balaban J connectivity index is 1.78. The van der Waals surface area contributed by atoms with E-state index in [1.165, 1.54) is 12.5 Å². The van der Waals surface area contributed by atoms with Crippen LogP contribution in [0.4, 0.5) is 5.82 Å². The highest BCUT2D eigenvalue weighted by Crippen LogP contribution is 2.15. The zero-order valence-electron chi connectivity index (χ0n) is 10.3. The summed E-state index contributed by atoms with van der Waals surface area (Å²) >= 11 is 0. The second-order valence-corrected chi connectivity index (χ2v) is 4.42. The van der Waals surface area contributed by atoms with Gasteiger partial charge in [-0.15, -0.1) is 0 Å². The van der Waals surface area contributed by atoms with Crippen LogP contribution in [-0.4, -0.2) is 35.3 Å². The molecular weight excluding hydrogens is 232 g/mol. The smallest absolute Gasteiger partial charge is 0.354 e. The maximum absolute atomic E-state index is 10.8. The Morgan fingerprint density at radius 3 is 3.11 bits per heavy atom. The molecule has 1 aromatic rings. The molecule has 0 radical (unpaired) electrons. The molecule has 2 N–H and O–H groups in total. The summed E-state index contributed by atoms with van der Waals surface area (Å²) in [5.74, 6) is -0.403. The van der Waals surface area contributed by atoms with E-state index >= 15 is 0 Å². The van der Waals surface area contributed by atoms with Crippen LogP contribution in [0.5, 0.6) is 0 Å². The average molecular weight is 250 g/mol. The number of pyridine rings is 1. The molecule has 2 heterocycles. The van der Waals surface area contributed by atoms with Crippen LogP contribution in [0.3, 0.4) is 0 Å². The third-order valence-corrected chi connectivity index (χ3v) is 3.01. The van der Waals surface area contributed by atoms with Crippen LogP contribution in [-0.2, 0) is 4.74 Å². The van der Waals surface area contributed by atoms with Crippen molar-refractivity contribution in [3.8, 4) is 0 Å². The van der Waals surface area contributed by atoms with Crippen molar-refractivity contribution in [2.45, 2.75) is 31.8 Å². The van der Waals surface area contributed by atoms with Gasteiger partial charge in [0.2, 0.25) is 0 Å². The molecule has 1 atom stereocenters. The molecule has 5 heteroatoms. The van der Waals surface area contributed by atoms with Crippen LogP contribution in [0.1, 0.15) is 36.2 Å². The van der Waals surface area contributed by atoms with Crippen molar-refractivity contribution in [3.05, 3.63) is 23.9 Å². The number of hydrogen-bond donors (Lipinski definition) is 2. The molecule has 5 nitrogen and oxygen atoms in total. The molecule has 1 aromatic heterocycles. The predicted molar refractivity (Wildman–Crippen MR) is 67.9 cm³/mol. The van der Waals surface area contributed by atoms with Gasteiger partial charge >= 0.3 is 5.97 Å². The summed E-state index contributed by atoms with van der Waals surface area (Å²) in [6, 6.07) is 4.95. The first-order valence-electron chi connectivity index (χ1n) is 6.31. The van der Waals surface area contributed by atoms with Crippen molar-refractivity contribution in [2.75, 3.05) is 18.5 Å². The number of hydrogen-bond acceptors (Lipinski definition) is 4. The molecule has 0 bridgehead atoms. The van der Waals surface area contributed by atoms with Crippen LogP contribution in [0.2, 0.25) is 0 Å². The monoisotopic (exact) mass is 250 g/mol. The highest BCUT2D eigenvalue weighted by Gasteiger charge is 2.13. The van der Waals surface area contributed by atoms with Crippen molar-refractivity contribution >= 4 is 11.8 Å². The van der Waals surface area contributed by atoms with Gasteiger partial charge in [-0.3, -0.25) is 0 Å². The van der Waals surface area contributed by atoms with Gasteiger partial charge in [-0.25, -0.2) is 9.78 Å². The Labute approximate surface area is 106 Å². The quantitative estimate of drug-likeness (QED) is 0.837. The molecule has 0 aromatic carbocycles. The predicted octanol–water partition coefficient (Wildman–Crippen LogP) is 2.15. The number of carboxylic acids is 1. The second-order valence-electron chi connectivity index (χ2n) is 4.42. The Morgan fingerprint density at radius 2 is 2.39 bits per heavy atom. The molecule has 0 saturated carbocycles. The lowest BCUT2D eigenvalue weighted by molar-refractivity contribution is 0.0134. The molecule has 0 amide bonds. The number of anilines is 1. The Bertz CT molecular complexity index is 403. The molecule has 0 aliphatic carbocycles. The van der Waals surface area contributed by atoms with Crippen LogP contribution < -0.4 is 5.32 Å². The van der Waals surface area contributed by atoms with Gasteiger partial charge in [0, 0.05) is 13.2 Å². The van der Waals surface area contributed by atoms with Gasteiger partial charge in [0.05, 0.1) is 6.10 Å². The Morgan fingerprint density at radius 1 is 1.50 bits per heavy atom. The van der Waals surface area contributed by atoms with Gasteiger partial charge in [-0.2, -0.15) is 0 Å². The van der Waals surface area contributed by atoms with Gasteiger partial charge in [0.15, 0.2) is 5.69 Å². The zero-order valence-corrected chi connectivity index (χ0v) is 10.3. The first-order chi connectivity index (χ1) is 8.75. The third kappa shape index (κ3) is 3.70. The topological polar surface area (TPSA) is 71.5 Å². The minimum absolute atomic E-state index is 0.0638. The number of ether oxygens (including phenoxy) is 1. The fraction of sp³-hybridized carbons (Fsp3) is 0.538. The van der Waals surface area contributed by atoms with Gasteiger partial charge in [0.1, 0.15) is 5.82 Å². The number of aromatic nitrogens is 1. The minimum Gasteiger partial charge on any atom is -0.477 e. The summed E-state index contributed by atoms with van der Waals surface area (Å²) < 4.78 is 5.62. The van der Waals surface area contributed by atoms with Crippen LogP contribution in [0, 0.1) is 0 Å². The number of nitrogens with one attached hydrogen (secondary N) is 1. The standard InChI is InChI=1S/C13H18N2O3/c16-13(17)11-5-3-6-12(15-11)14-8-7-10-4-1-2-9-18-10/h3,5-6,10H,1-2,4,7-9H2,(H,14,15)(H,16,17). The average Bonchev–Trinajstić information content (AvgIpc) is 2.40. The summed E-state index contributed by atoms with van der Waals surface area (Å²) in [4.78, 5) is 14.8. The lowest BCUT2D eigenvalue weighted by Crippen LogP contribution is -2.22. The van der Waals surface area contributed by atoms with Crippen molar-refractivity contribution in [2.24, 2.45) is 0 Å². The number of aromatic carboxylic acids is 1. The van der Waals surface area contributed by atoms with E-state index in [1.54, 1.807) is 12.1 Å². The van der Waals surface area contributed by atoms with E-state index in [0.29, 0.717) is 11.9 Å². The molecular formula is C13H18N2O3. The third-order valence-electron chi connectivity index (χ3n) is 3.01. The lowest BCUT2D eigenvalue weighted by atomic mass is 10.1. The minimum atomic E-state index is -1.01. The number of carboxylic acid groups (broad SMARTS) is 1. The summed E-state index contributed by atoms with van der Waals surface area (Å²) in [6.45, 7) is 1.61. The Hall–Kier alpha value is -1.62. The lowest BCUT2D eigenvalue weighted by Gasteiger charge is -2.22. The van der Waals surface area contributed by atoms with Crippen LogP contribution >= 0.6 is 0 Å². The van der Waals surface area contributed by atoms with E-state index < -0.39 is 5.97 Å². The van der Waals surface area contributed by atoms with Crippen molar-refractivity contribution in [3.63, 3.8) is 0 Å². The zero-order chi connectivity index (χ0) is 12.8. The number of rotatable bonds is 5. The normalized spacial score (nSPS) is 19.4. The van der Waals surface area contributed by atoms with Gasteiger partial charge in [0.25, 0.3) is 0 Å². The SMILES string of the molecule is O=C(O)c1cccc(NCCC2CCCCO2)n1. The van der Waals surface area contributed by atoms with Gasteiger partial charge in [-0.1, -0.05) is 6.07 Å². The van der Waals surface area contributed by atoms with E-state index in [0.717, 1.165) is 32.4 Å². The maximum Gasteiger partial charge on any atom is 0.354 e. The summed E-state index contributed by atoms with van der Waals surface area (Å²) in [6.07, 6.45) is 4.77. The van der Waals surface area contributed by atoms with E-state index in [9.17, 15) is 4.79 Å². The Kier molecular flexibility index (Phi) is 4.52. The molecule has 2 rings (SSSR count). The number of nitrogens with zero attached hydrogens (tertiary/aromatic N) is 1. The van der Waals surface area contributed by atoms with Crippen molar-refractivity contribution in [1.82, 2.24) is 4.98 Å². The molecule has 1 fully saturated rings. The highest BCUT2D eigenvalue weighted by molar-refractivity contribution is 5.85. The molecule has 18 heavy (non-hydrogen) atoms. The molecule has 1 aliphatic heterocycles. The first-order valence-corrected chi connectivity index (χ1v) is 6.31. The number of carbonyl (C=O) groups is 1. The largest absolute Gasteiger partial charge is 0.477 e. The first kappa shape index (κ1) is 12.8. The summed E-state index contributed by atoms with van der Waals surface area (Å²) in [5, 5.41) is 12.0. The molecule has 0 spiro atoms. The van der Waals surface area contributed by atoms with E-state index in [2.05, 4.69) is 10.3 Å². The molecule has 98 valence electrons. The van der Waals surface area contributed by atoms with E-state index in [4.69, 9.17) is 9.84 Å². The van der Waals surface area contributed by atoms with Crippen molar-refractivity contribution < 1.29 is 14.6 Å². The summed E-state index contributed by atoms with van der Waals surface area (Å²) in [5.41, 5.74) is 0.0638. The van der Waals surface area contributed by atoms with Gasteiger partial charge in [-0.05, 0) is 37.8 Å². The fourth-order valence-corrected chi connectivity index (χ4v) is 2.05. The summed E-state index contributed by atoms with van der Waals surface area (Å²) in [7, 11) is 0. The van der Waals surface area contributed by atoms with Crippen molar-refractivity contribution in [1.29, 1.82) is 0 Å². The van der Waals surface area contributed by atoms with E-state index in [-0.39, 0.29) is 5.69 Å².